The average molecular weight is 288 g/mol. The molecule has 1 heterocycles. The molecule has 1 saturated heterocycles. The number of amides is 2. The zero-order valence-corrected chi connectivity index (χ0v) is 12.0. The van der Waals surface area contributed by atoms with Crippen LogP contribution in [-0.2, 0) is 9.59 Å². The fraction of sp³-hybridized carbons (Fsp3) is 0.438. The summed E-state index contributed by atoms with van der Waals surface area (Å²) in [6, 6.07) is 8.89. The van der Waals surface area contributed by atoms with Crippen molar-refractivity contribution in [3.8, 4) is 0 Å². The van der Waals surface area contributed by atoms with Gasteiger partial charge in [-0.3, -0.25) is 14.4 Å². The highest BCUT2D eigenvalue weighted by atomic mass is 16.2. The molecule has 0 bridgehead atoms. The minimum Gasteiger partial charge on any atom is -0.347 e. The molecule has 5 nitrogen and oxygen atoms in total. The normalized spacial score (nSPS) is 14.0. The molecular formula is C16H20N2O3. The highest BCUT2D eigenvalue weighted by Gasteiger charge is 2.18. The maximum absolute atomic E-state index is 11.8. The summed E-state index contributed by atoms with van der Waals surface area (Å²) in [6.45, 7) is 1.58. The molecule has 0 unspecified atom stereocenters. The Morgan fingerprint density at radius 1 is 1.00 bits per heavy atom. The van der Waals surface area contributed by atoms with Crippen LogP contribution in [0, 0.1) is 0 Å². The number of hydrogen-bond acceptors (Lipinski definition) is 3. The fourth-order valence-electron chi connectivity index (χ4n) is 2.34. The van der Waals surface area contributed by atoms with Gasteiger partial charge in [0.25, 0.3) is 0 Å². The van der Waals surface area contributed by atoms with Crippen LogP contribution >= 0.6 is 0 Å². The number of carbonyl (C=O) groups is 3. The van der Waals surface area contributed by atoms with Crippen LogP contribution in [0.3, 0.4) is 0 Å². The first-order chi connectivity index (χ1) is 10.2. The zero-order valence-electron chi connectivity index (χ0n) is 12.0. The van der Waals surface area contributed by atoms with Crippen molar-refractivity contribution in [2.45, 2.75) is 25.7 Å². The third-order valence-corrected chi connectivity index (χ3v) is 3.57. The number of nitrogens with one attached hydrogen (secondary N) is 1. The van der Waals surface area contributed by atoms with Crippen molar-refractivity contribution in [1.29, 1.82) is 0 Å². The van der Waals surface area contributed by atoms with Gasteiger partial charge in [0.15, 0.2) is 5.78 Å². The molecule has 1 aliphatic rings. The summed E-state index contributed by atoms with van der Waals surface area (Å²) >= 11 is 0. The number of ketones is 1. The van der Waals surface area contributed by atoms with Crippen molar-refractivity contribution in [3.05, 3.63) is 35.9 Å². The summed E-state index contributed by atoms with van der Waals surface area (Å²) in [5.41, 5.74) is 0.610. The van der Waals surface area contributed by atoms with Crippen molar-refractivity contribution >= 4 is 17.6 Å². The summed E-state index contributed by atoms with van der Waals surface area (Å²) < 4.78 is 0. The second kappa shape index (κ2) is 7.57. The van der Waals surface area contributed by atoms with E-state index in [-0.39, 0.29) is 37.0 Å². The molecule has 0 saturated carbocycles. The standard InChI is InChI=1S/C16H20N2O3/c19-14(13-6-2-1-3-7-13)8-9-15(20)17-12-16(21)18-10-4-5-11-18/h1-3,6-7H,4-5,8-12H2,(H,17,20). The van der Waals surface area contributed by atoms with Gasteiger partial charge in [-0.2, -0.15) is 0 Å². The molecule has 2 amide bonds. The first-order valence-electron chi connectivity index (χ1n) is 7.29. The Bertz CT molecular complexity index is 508. The van der Waals surface area contributed by atoms with Crippen LogP contribution in [0.2, 0.25) is 0 Å². The molecule has 5 heteroatoms. The number of benzene rings is 1. The van der Waals surface area contributed by atoms with E-state index in [9.17, 15) is 14.4 Å². The van der Waals surface area contributed by atoms with E-state index in [0.29, 0.717) is 5.56 Å². The molecule has 0 aliphatic carbocycles. The Labute approximate surface area is 124 Å². The molecule has 0 atom stereocenters. The molecule has 0 radical (unpaired) electrons. The second-order valence-corrected chi connectivity index (χ2v) is 5.15. The van der Waals surface area contributed by atoms with Gasteiger partial charge < -0.3 is 10.2 Å². The maximum atomic E-state index is 11.8. The first-order valence-corrected chi connectivity index (χ1v) is 7.29. The van der Waals surface area contributed by atoms with Gasteiger partial charge in [-0.05, 0) is 12.8 Å². The molecule has 21 heavy (non-hydrogen) atoms. The van der Waals surface area contributed by atoms with Gasteiger partial charge in [-0.25, -0.2) is 0 Å². The summed E-state index contributed by atoms with van der Waals surface area (Å²) in [5.74, 6) is -0.362. The minimum absolute atomic E-state index is 0.0262. The Kier molecular flexibility index (Phi) is 5.49. The van der Waals surface area contributed by atoms with E-state index in [0.717, 1.165) is 25.9 Å². The van der Waals surface area contributed by atoms with Gasteiger partial charge in [0.1, 0.15) is 0 Å². The first kappa shape index (κ1) is 15.2. The number of rotatable bonds is 6. The van der Waals surface area contributed by atoms with Gasteiger partial charge >= 0.3 is 0 Å². The summed E-state index contributed by atoms with van der Waals surface area (Å²) in [6.07, 6.45) is 2.34. The molecule has 1 aromatic rings. The average Bonchev–Trinajstić information content (AvgIpc) is 3.05. The molecule has 112 valence electrons. The molecule has 1 aromatic carbocycles. The van der Waals surface area contributed by atoms with E-state index in [1.165, 1.54) is 0 Å². The summed E-state index contributed by atoms with van der Waals surface area (Å²) in [7, 11) is 0. The number of likely N-dealkylation sites (tertiary alicyclic amines) is 1. The quantitative estimate of drug-likeness (QED) is 0.804. The van der Waals surface area contributed by atoms with Crippen LogP contribution in [0.1, 0.15) is 36.0 Å². The molecule has 1 N–H and O–H groups in total. The van der Waals surface area contributed by atoms with Crippen molar-refractivity contribution in [3.63, 3.8) is 0 Å². The third-order valence-electron chi connectivity index (χ3n) is 3.57. The van der Waals surface area contributed by atoms with Crippen molar-refractivity contribution in [2.24, 2.45) is 0 Å². The van der Waals surface area contributed by atoms with Crippen LogP contribution in [0.25, 0.3) is 0 Å². The predicted octanol–water partition coefficient (Wildman–Crippen LogP) is 1.39. The smallest absolute Gasteiger partial charge is 0.241 e. The molecule has 1 aliphatic heterocycles. The van der Waals surface area contributed by atoms with E-state index >= 15 is 0 Å². The van der Waals surface area contributed by atoms with Crippen LogP contribution in [-0.4, -0.2) is 42.1 Å². The van der Waals surface area contributed by atoms with Crippen LogP contribution in [0.5, 0.6) is 0 Å². The second-order valence-electron chi connectivity index (χ2n) is 5.15. The lowest BCUT2D eigenvalue weighted by Crippen LogP contribution is -2.38. The molecule has 0 spiro atoms. The summed E-state index contributed by atoms with van der Waals surface area (Å²) in [5, 5.41) is 2.58. The van der Waals surface area contributed by atoms with Gasteiger partial charge in [0.2, 0.25) is 11.8 Å². The SMILES string of the molecule is O=C(CCC(=O)c1ccccc1)NCC(=O)N1CCCC1. The van der Waals surface area contributed by atoms with E-state index in [2.05, 4.69) is 5.32 Å². The van der Waals surface area contributed by atoms with E-state index in [4.69, 9.17) is 0 Å². The monoisotopic (exact) mass is 288 g/mol. The highest BCUT2D eigenvalue weighted by Crippen LogP contribution is 2.07. The number of nitrogens with zero attached hydrogens (tertiary/aromatic N) is 1. The Balaban J connectivity index is 1.67. The molecule has 2 rings (SSSR count). The lowest BCUT2D eigenvalue weighted by Gasteiger charge is -2.15. The Hall–Kier alpha value is -2.17. The minimum atomic E-state index is -0.258. The van der Waals surface area contributed by atoms with Gasteiger partial charge in [-0.1, -0.05) is 30.3 Å². The van der Waals surface area contributed by atoms with E-state index < -0.39 is 0 Å². The fourth-order valence-corrected chi connectivity index (χ4v) is 2.34. The van der Waals surface area contributed by atoms with Gasteiger partial charge in [0, 0.05) is 31.5 Å². The van der Waals surface area contributed by atoms with Crippen molar-refractivity contribution in [1.82, 2.24) is 10.2 Å². The highest BCUT2D eigenvalue weighted by molar-refractivity contribution is 5.98. The number of Topliss-reactive ketones (excluding diaryl/α,β-unsaturated/α-hetero) is 1. The van der Waals surface area contributed by atoms with Crippen molar-refractivity contribution in [2.75, 3.05) is 19.6 Å². The maximum Gasteiger partial charge on any atom is 0.241 e. The van der Waals surface area contributed by atoms with E-state index in [1.54, 1.807) is 29.2 Å². The van der Waals surface area contributed by atoms with Crippen LogP contribution in [0.15, 0.2) is 30.3 Å². The zero-order chi connectivity index (χ0) is 15.1. The predicted molar refractivity (Wildman–Crippen MR) is 78.8 cm³/mol. The van der Waals surface area contributed by atoms with E-state index in [1.807, 2.05) is 6.07 Å². The van der Waals surface area contributed by atoms with Gasteiger partial charge in [-0.15, -0.1) is 0 Å². The molecule has 1 fully saturated rings. The topological polar surface area (TPSA) is 66.5 Å². The molecule has 0 aromatic heterocycles. The Morgan fingerprint density at radius 3 is 2.33 bits per heavy atom. The lowest BCUT2D eigenvalue weighted by atomic mass is 10.1. The van der Waals surface area contributed by atoms with Crippen LogP contribution < -0.4 is 5.32 Å². The number of carbonyl (C=O) groups excluding carboxylic acids is 3. The lowest BCUT2D eigenvalue weighted by molar-refractivity contribution is -0.132. The van der Waals surface area contributed by atoms with Gasteiger partial charge in [0.05, 0.1) is 6.54 Å². The summed E-state index contributed by atoms with van der Waals surface area (Å²) in [4.78, 5) is 37.0. The largest absolute Gasteiger partial charge is 0.347 e. The number of hydrogen-bond donors (Lipinski definition) is 1. The Morgan fingerprint density at radius 2 is 1.67 bits per heavy atom. The van der Waals surface area contributed by atoms with Crippen molar-refractivity contribution < 1.29 is 14.4 Å². The van der Waals surface area contributed by atoms with Crippen LogP contribution in [0.4, 0.5) is 0 Å². The molecular weight excluding hydrogens is 268 g/mol. The third kappa shape index (κ3) is 4.70.